The van der Waals surface area contributed by atoms with Crippen molar-refractivity contribution in [3.8, 4) is 0 Å². The molecule has 2 fully saturated rings. The molecule has 12 nitrogen and oxygen atoms in total. The van der Waals surface area contributed by atoms with Crippen LogP contribution >= 0.6 is 48.0 Å². The number of carbonyl (C=O) groups excluding carboxylic acids is 4. The number of amides is 4. The smallest absolute Gasteiger partial charge is 0.267 e. The summed E-state index contributed by atoms with van der Waals surface area (Å²) in [6.45, 7) is 4.30. The highest BCUT2D eigenvalue weighted by molar-refractivity contribution is 8.29. The molecular formula is C26H30N6O6S4. The van der Waals surface area contributed by atoms with Gasteiger partial charge in [-0.05, 0) is 39.5 Å². The van der Waals surface area contributed by atoms with Gasteiger partial charge < -0.3 is 19.7 Å². The molecule has 0 atom stereocenters. The van der Waals surface area contributed by atoms with Crippen LogP contribution in [0.1, 0.15) is 62.9 Å². The summed E-state index contributed by atoms with van der Waals surface area (Å²) in [5.74, 6) is 1.11. The van der Waals surface area contributed by atoms with Crippen LogP contribution in [0.2, 0.25) is 0 Å². The summed E-state index contributed by atoms with van der Waals surface area (Å²) < 4.78 is 10.7. The van der Waals surface area contributed by atoms with Crippen LogP contribution in [0.4, 0.5) is 11.6 Å². The van der Waals surface area contributed by atoms with Crippen LogP contribution in [0.25, 0.3) is 0 Å². The first kappa shape index (κ1) is 31.8. The summed E-state index contributed by atoms with van der Waals surface area (Å²) in [6, 6.07) is 3.29. The Morgan fingerprint density at radius 1 is 0.738 bits per heavy atom. The van der Waals surface area contributed by atoms with Crippen LogP contribution in [-0.2, 0) is 19.2 Å². The molecule has 0 spiro atoms. The Morgan fingerprint density at radius 3 is 1.50 bits per heavy atom. The maximum atomic E-state index is 13.1. The SMILES string of the molecule is Cc1cc(NC(=O)CCCCCN2C(=O)C(=C3SC(=S)N(CCCCCC(=O)Nc4cc(C)on4)C3=O)SC2=S)no1. The van der Waals surface area contributed by atoms with Gasteiger partial charge in [0.05, 0.1) is 9.81 Å². The molecule has 0 unspecified atom stereocenters. The number of rotatable bonds is 14. The molecule has 4 rings (SSSR count). The number of nitrogens with one attached hydrogen (secondary N) is 2. The van der Waals surface area contributed by atoms with E-state index in [1.165, 1.54) is 9.80 Å². The van der Waals surface area contributed by atoms with Gasteiger partial charge in [-0.2, -0.15) is 0 Å². The van der Waals surface area contributed by atoms with Crippen molar-refractivity contribution in [2.75, 3.05) is 23.7 Å². The molecule has 2 aromatic rings. The van der Waals surface area contributed by atoms with Crippen LogP contribution in [0.15, 0.2) is 31.0 Å². The maximum Gasteiger partial charge on any atom is 0.267 e. The van der Waals surface area contributed by atoms with E-state index in [4.69, 9.17) is 33.5 Å². The summed E-state index contributed by atoms with van der Waals surface area (Å²) in [5, 5.41) is 12.8. The molecule has 2 saturated heterocycles. The molecule has 4 heterocycles. The third-order valence-electron chi connectivity index (χ3n) is 6.27. The van der Waals surface area contributed by atoms with Crippen molar-refractivity contribution in [2.45, 2.75) is 65.2 Å². The topological polar surface area (TPSA) is 151 Å². The van der Waals surface area contributed by atoms with Crippen molar-refractivity contribution >= 4 is 91.9 Å². The predicted octanol–water partition coefficient (Wildman–Crippen LogP) is 4.91. The zero-order chi connectivity index (χ0) is 30.2. The number of thioether (sulfide) groups is 2. The summed E-state index contributed by atoms with van der Waals surface area (Å²) in [5.41, 5.74) is 0. The van der Waals surface area contributed by atoms with E-state index in [2.05, 4.69) is 20.9 Å². The lowest BCUT2D eigenvalue weighted by Crippen LogP contribution is -2.31. The fraction of sp³-hybridized carbons (Fsp3) is 0.462. The standard InChI is InChI=1S/C26H30N6O6S4/c1-15-13-17(29-37-15)27-19(33)9-5-3-7-11-31-23(35)21(41-25(31)39)22-24(36)32(26(40)42-22)12-8-4-6-10-20(34)28-18-14-16(2)38-30-18/h13-14H,3-12H2,1-2H3,(H,27,29,33)(H,28,30,34). The van der Waals surface area contributed by atoms with E-state index < -0.39 is 0 Å². The second kappa shape index (κ2) is 14.9. The van der Waals surface area contributed by atoms with Gasteiger partial charge >= 0.3 is 0 Å². The van der Waals surface area contributed by atoms with E-state index in [1.807, 2.05) is 0 Å². The number of carbonyl (C=O) groups is 4. The lowest BCUT2D eigenvalue weighted by Gasteiger charge is -2.14. The Morgan fingerprint density at radius 2 is 1.14 bits per heavy atom. The van der Waals surface area contributed by atoms with E-state index >= 15 is 0 Å². The summed E-state index contributed by atoms with van der Waals surface area (Å²) in [7, 11) is 0. The van der Waals surface area contributed by atoms with E-state index in [1.54, 1.807) is 26.0 Å². The van der Waals surface area contributed by atoms with Crippen molar-refractivity contribution in [3.05, 3.63) is 33.5 Å². The molecular weight excluding hydrogens is 621 g/mol. The predicted molar refractivity (Wildman–Crippen MR) is 168 cm³/mol. The number of aromatic nitrogens is 2. The third-order valence-corrected chi connectivity index (χ3v) is 9.29. The Labute approximate surface area is 261 Å². The Kier molecular flexibility index (Phi) is 11.3. The van der Waals surface area contributed by atoms with Gasteiger partial charge in [0.15, 0.2) is 11.6 Å². The van der Waals surface area contributed by atoms with E-state index in [-0.39, 0.29) is 23.6 Å². The third kappa shape index (κ3) is 8.49. The number of hydrogen-bond donors (Lipinski definition) is 2. The molecule has 0 radical (unpaired) electrons. The molecule has 2 aliphatic rings. The van der Waals surface area contributed by atoms with Crippen molar-refractivity contribution in [2.24, 2.45) is 0 Å². The molecule has 4 amide bonds. The lowest BCUT2D eigenvalue weighted by molar-refractivity contribution is -0.124. The fourth-order valence-corrected chi connectivity index (χ4v) is 6.95. The first-order chi connectivity index (χ1) is 20.1. The molecule has 0 aliphatic carbocycles. The average molecular weight is 651 g/mol. The van der Waals surface area contributed by atoms with Crippen molar-refractivity contribution in [3.63, 3.8) is 0 Å². The van der Waals surface area contributed by atoms with Gasteiger partial charge in [0, 0.05) is 38.1 Å². The number of aryl methyl sites for hydroxylation is 2. The minimum atomic E-state index is -0.294. The molecule has 2 N–H and O–H groups in total. The van der Waals surface area contributed by atoms with Gasteiger partial charge in [0.25, 0.3) is 11.8 Å². The van der Waals surface area contributed by atoms with E-state index in [9.17, 15) is 19.2 Å². The van der Waals surface area contributed by atoms with E-state index in [0.717, 1.165) is 36.4 Å². The molecule has 224 valence electrons. The highest BCUT2D eigenvalue weighted by Gasteiger charge is 2.41. The van der Waals surface area contributed by atoms with Crippen molar-refractivity contribution < 1.29 is 28.2 Å². The normalized spacial score (nSPS) is 17.1. The quantitative estimate of drug-likeness (QED) is 0.162. The minimum Gasteiger partial charge on any atom is -0.360 e. The summed E-state index contributed by atoms with van der Waals surface area (Å²) >= 11 is 13.1. The first-order valence-electron chi connectivity index (χ1n) is 13.4. The monoisotopic (exact) mass is 650 g/mol. The molecule has 0 aromatic carbocycles. The lowest BCUT2D eigenvalue weighted by atomic mass is 10.2. The highest BCUT2D eigenvalue weighted by Crippen LogP contribution is 2.42. The van der Waals surface area contributed by atoms with E-state index in [0.29, 0.717) is 93.2 Å². The van der Waals surface area contributed by atoms with Gasteiger partial charge in [-0.1, -0.05) is 71.1 Å². The Bertz CT molecular complexity index is 1320. The van der Waals surface area contributed by atoms with Gasteiger partial charge in [-0.15, -0.1) is 0 Å². The Hall–Kier alpha value is -3.08. The van der Waals surface area contributed by atoms with Gasteiger partial charge in [0.1, 0.15) is 20.2 Å². The van der Waals surface area contributed by atoms with Crippen LogP contribution < -0.4 is 10.6 Å². The first-order valence-corrected chi connectivity index (χ1v) is 15.9. The molecule has 0 bridgehead atoms. The molecule has 0 saturated carbocycles. The van der Waals surface area contributed by atoms with Crippen LogP contribution in [-0.4, -0.2) is 65.5 Å². The van der Waals surface area contributed by atoms with Crippen molar-refractivity contribution in [1.82, 2.24) is 20.1 Å². The zero-order valence-electron chi connectivity index (χ0n) is 23.1. The van der Waals surface area contributed by atoms with Gasteiger partial charge in [-0.25, -0.2) is 0 Å². The molecule has 42 heavy (non-hydrogen) atoms. The number of anilines is 2. The fourth-order valence-electron chi connectivity index (χ4n) is 4.18. The van der Waals surface area contributed by atoms with Crippen LogP contribution in [0.3, 0.4) is 0 Å². The number of hydrogen-bond acceptors (Lipinski definition) is 12. The van der Waals surface area contributed by atoms with Gasteiger partial charge in [0.2, 0.25) is 11.8 Å². The number of nitrogens with zero attached hydrogens (tertiary/aromatic N) is 4. The van der Waals surface area contributed by atoms with Crippen LogP contribution in [0, 0.1) is 13.8 Å². The zero-order valence-corrected chi connectivity index (χ0v) is 26.4. The number of unbranched alkanes of at least 4 members (excludes halogenated alkanes) is 4. The second-order valence-electron chi connectivity index (χ2n) is 9.67. The molecule has 2 aromatic heterocycles. The largest absolute Gasteiger partial charge is 0.360 e. The van der Waals surface area contributed by atoms with Crippen LogP contribution in [0.5, 0.6) is 0 Å². The maximum absolute atomic E-state index is 13.1. The summed E-state index contributed by atoms with van der Waals surface area (Å²) in [4.78, 5) is 54.0. The highest BCUT2D eigenvalue weighted by atomic mass is 32.2. The molecule has 2 aliphatic heterocycles. The van der Waals surface area contributed by atoms with Gasteiger partial charge in [-0.3, -0.25) is 29.0 Å². The average Bonchev–Trinajstić information content (AvgIpc) is 3.68. The number of thiocarbonyl (C=S) groups is 2. The second-order valence-corrected chi connectivity index (χ2v) is 13.0. The molecule has 16 heteroatoms. The Balaban J connectivity index is 1.17. The van der Waals surface area contributed by atoms with Crippen molar-refractivity contribution in [1.29, 1.82) is 0 Å². The summed E-state index contributed by atoms with van der Waals surface area (Å²) in [6.07, 6.45) is 4.69. The minimum absolute atomic E-state index is 0.153.